The van der Waals surface area contributed by atoms with Crippen LogP contribution in [0.3, 0.4) is 0 Å². The van der Waals surface area contributed by atoms with Gasteiger partial charge in [0.15, 0.2) is 0 Å². The van der Waals surface area contributed by atoms with Crippen LogP contribution in [0.1, 0.15) is 19.4 Å². The van der Waals surface area contributed by atoms with Crippen molar-refractivity contribution in [3.63, 3.8) is 0 Å². The Hall–Kier alpha value is -1.64. The maximum atomic E-state index is 11.7. The fourth-order valence-electron chi connectivity index (χ4n) is 1.58. The fraction of sp³-hybridized carbons (Fsp3) is 0.417. The molecule has 1 atom stereocenters. The first-order chi connectivity index (χ1) is 9.19. The first kappa shape index (κ1) is 16.4. The summed E-state index contributed by atoms with van der Waals surface area (Å²) in [6.07, 6.45) is -0.0192. The Morgan fingerprint density at radius 3 is 2.20 bits per heavy atom. The van der Waals surface area contributed by atoms with Gasteiger partial charge in [-0.25, -0.2) is 0 Å². The van der Waals surface area contributed by atoms with Gasteiger partial charge in [-0.3, -0.25) is 4.79 Å². The zero-order chi connectivity index (χ0) is 15.3. The van der Waals surface area contributed by atoms with E-state index in [1.807, 2.05) is 0 Å². The third-order valence-electron chi connectivity index (χ3n) is 2.36. The van der Waals surface area contributed by atoms with E-state index < -0.39 is 22.2 Å². The molecule has 20 heavy (non-hydrogen) atoms. The van der Waals surface area contributed by atoms with Gasteiger partial charge in [-0.15, -0.1) is 0 Å². The molecule has 0 heterocycles. The Morgan fingerprint density at radius 2 is 1.75 bits per heavy atom. The molecule has 0 aliphatic carbocycles. The first-order valence-corrected chi connectivity index (χ1v) is 7.48. The molecule has 112 valence electrons. The molecule has 4 N–H and O–H groups in total. The van der Waals surface area contributed by atoms with E-state index in [9.17, 15) is 13.2 Å². The summed E-state index contributed by atoms with van der Waals surface area (Å²) in [5.41, 5.74) is 0.599. The number of hydrogen-bond acceptors (Lipinski definition) is 4. The van der Waals surface area contributed by atoms with Crippen LogP contribution in [-0.4, -0.2) is 36.7 Å². The lowest BCUT2D eigenvalue weighted by molar-refractivity contribution is -0.138. The summed E-state index contributed by atoms with van der Waals surface area (Å²) >= 11 is 0. The van der Waals surface area contributed by atoms with Crippen LogP contribution in [0.25, 0.3) is 0 Å². The van der Waals surface area contributed by atoms with Gasteiger partial charge in [0.1, 0.15) is 11.8 Å². The smallest absolute Gasteiger partial charge is 0.322 e. The van der Waals surface area contributed by atoms with Crippen LogP contribution in [-0.2, 0) is 21.4 Å². The van der Waals surface area contributed by atoms with E-state index in [1.54, 1.807) is 13.8 Å². The van der Waals surface area contributed by atoms with Crippen molar-refractivity contribution >= 4 is 16.2 Å². The summed E-state index contributed by atoms with van der Waals surface area (Å²) in [6, 6.07) is 4.28. The molecule has 1 aromatic rings. The highest BCUT2D eigenvalue weighted by Crippen LogP contribution is 2.11. The van der Waals surface area contributed by atoms with Gasteiger partial charge in [0.2, 0.25) is 0 Å². The molecule has 0 saturated carbocycles. The Kier molecular flexibility index (Phi) is 5.49. The van der Waals surface area contributed by atoms with Crippen LogP contribution >= 0.6 is 0 Å². The summed E-state index contributed by atoms with van der Waals surface area (Å²) in [7, 11) is -3.88. The van der Waals surface area contributed by atoms with Crippen molar-refractivity contribution in [1.29, 1.82) is 0 Å². The molecule has 0 spiro atoms. The SMILES string of the molecule is CC(C)NS(=O)(=O)N[C@@H](Cc1ccc(O)cc1)C(=O)O. The topological polar surface area (TPSA) is 116 Å². The minimum absolute atomic E-state index is 0.0192. The van der Waals surface area contributed by atoms with E-state index in [0.717, 1.165) is 0 Å². The van der Waals surface area contributed by atoms with Crippen LogP contribution in [0.2, 0.25) is 0 Å². The lowest BCUT2D eigenvalue weighted by Crippen LogP contribution is -2.49. The second kappa shape index (κ2) is 6.69. The summed E-state index contributed by atoms with van der Waals surface area (Å²) in [5.74, 6) is -1.21. The second-order valence-electron chi connectivity index (χ2n) is 4.66. The number of carboxylic acids is 1. The number of aliphatic carboxylic acids is 1. The normalized spacial score (nSPS) is 13.3. The highest BCUT2D eigenvalue weighted by atomic mass is 32.2. The number of rotatable bonds is 7. The molecule has 1 aromatic carbocycles. The van der Waals surface area contributed by atoms with Crippen LogP contribution in [0.15, 0.2) is 24.3 Å². The third kappa shape index (κ3) is 5.55. The number of phenolic OH excluding ortho intramolecular Hbond substituents is 1. The Morgan fingerprint density at radius 1 is 1.20 bits per heavy atom. The minimum atomic E-state index is -3.88. The molecule has 1 rings (SSSR count). The highest BCUT2D eigenvalue weighted by Gasteiger charge is 2.24. The maximum Gasteiger partial charge on any atom is 0.322 e. The molecule has 0 aromatic heterocycles. The van der Waals surface area contributed by atoms with E-state index >= 15 is 0 Å². The van der Waals surface area contributed by atoms with Crippen molar-refractivity contribution < 1.29 is 23.4 Å². The molecule has 0 saturated heterocycles. The van der Waals surface area contributed by atoms with Gasteiger partial charge in [-0.1, -0.05) is 12.1 Å². The van der Waals surface area contributed by atoms with Crippen LogP contribution < -0.4 is 9.44 Å². The summed E-state index contributed by atoms with van der Waals surface area (Å²) in [4.78, 5) is 11.1. The quantitative estimate of drug-likeness (QED) is 0.575. The van der Waals surface area contributed by atoms with Gasteiger partial charge in [0.25, 0.3) is 10.2 Å². The van der Waals surface area contributed by atoms with E-state index in [1.165, 1.54) is 24.3 Å². The molecule has 0 amide bonds. The van der Waals surface area contributed by atoms with Gasteiger partial charge >= 0.3 is 5.97 Å². The molecule has 0 bridgehead atoms. The largest absolute Gasteiger partial charge is 0.508 e. The number of hydrogen-bond donors (Lipinski definition) is 4. The highest BCUT2D eigenvalue weighted by molar-refractivity contribution is 7.87. The molecular formula is C12H18N2O5S. The lowest BCUT2D eigenvalue weighted by atomic mass is 10.1. The molecular weight excluding hydrogens is 284 g/mol. The summed E-state index contributed by atoms with van der Waals surface area (Å²) < 4.78 is 27.7. The number of benzene rings is 1. The van der Waals surface area contributed by atoms with Gasteiger partial charge in [-0.05, 0) is 38.0 Å². The monoisotopic (exact) mass is 302 g/mol. The van der Waals surface area contributed by atoms with Crippen molar-refractivity contribution in [1.82, 2.24) is 9.44 Å². The van der Waals surface area contributed by atoms with E-state index in [0.29, 0.717) is 5.56 Å². The average Bonchev–Trinajstić information content (AvgIpc) is 2.29. The molecule has 8 heteroatoms. The molecule has 0 aliphatic heterocycles. The first-order valence-electron chi connectivity index (χ1n) is 6.00. The van der Waals surface area contributed by atoms with Crippen LogP contribution in [0.5, 0.6) is 5.75 Å². The van der Waals surface area contributed by atoms with E-state index in [2.05, 4.69) is 9.44 Å². The average molecular weight is 302 g/mol. The number of carbonyl (C=O) groups is 1. The van der Waals surface area contributed by atoms with Crippen molar-refractivity contribution in [3.05, 3.63) is 29.8 Å². The maximum absolute atomic E-state index is 11.7. The van der Waals surface area contributed by atoms with Crippen molar-refractivity contribution in [3.8, 4) is 5.75 Å². The predicted molar refractivity (Wildman–Crippen MR) is 73.6 cm³/mol. The molecule has 0 aliphatic rings. The third-order valence-corrected chi connectivity index (χ3v) is 3.74. The van der Waals surface area contributed by atoms with Crippen molar-refractivity contribution in [2.75, 3.05) is 0 Å². The van der Waals surface area contributed by atoms with E-state index in [4.69, 9.17) is 10.2 Å². The van der Waals surface area contributed by atoms with Crippen LogP contribution in [0, 0.1) is 0 Å². The number of carboxylic acid groups (broad SMARTS) is 1. The van der Waals surface area contributed by atoms with E-state index in [-0.39, 0.29) is 18.2 Å². The second-order valence-corrected chi connectivity index (χ2v) is 6.13. The molecule has 0 fully saturated rings. The van der Waals surface area contributed by atoms with Crippen LogP contribution in [0.4, 0.5) is 0 Å². The van der Waals surface area contributed by atoms with Gasteiger partial charge in [0, 0.05) is 6.04 Å². The zero-order valence-corrected chi connectivity index (χ0v) is 12.0. The van der Waals surface area contributed by atoms with Gasteiger partial charge < -0.3 is 10.2 Å². The van der Waals surface area contributed by atoms with Gasteiger partial charge in [-0.2, -0.15) is 17.9 Å². The Labute approximate surface area is 117 Å². The van der Waals surface area contributed by atoms with Gasteiger partial charge in [0.05, 0.1) is 0 Å². The molecule has 7 nitrogen and oxygen atoms in total. The minimum Gasteiger partial charge on any atom is -0.508 e. The number of aromatic hydroxyl groups is 1. The summed E-state index contributed by atoms with van der Waals surface area (Å²) in [6.45, 7) is 3.27. The zero-order valence-electron chi connectivity index (χ0n) is 11.2. The molecule has 0 unspecified atom stereocenters. The predicted octanol–water partition coefficient (Wildman–Crippen LogP) is 0.220. The van der Waals surface area contributed by atoms with Crippen molar-refractivity contribution in [2.45, 2.75) is 32.4 Å². The van der Waals surface area contributed by atoms with Crippen molar-refractivity contribution in [2.24, 2.45) is 0 Å². The molecule has 0 radical (unpaired) electrons. The Balaban J connectivity index is 2.80. The number of nitrogens with one attached hydrogen (secondary N) is 2. The lowest BCUT2D eigenvalue weighted by Gasteiger charge is -2.16. The standard InChI is InChI=1S/C12H18N2O5S/c1-8(2)13-20(18,19)14-11(12(16)17)7-9-3-5-10(15)6-4-9/h3-6,8,11,13-15H,7H2,1-2H3,(H,16,17)/t11-/m0/s1. The Bertz CT molecular complexity index is 554. The number of phenols is 1. The fourth-order valence-corrected chi connectivity index (χ4v) is 2.83. The summed E-state index contributed by atoms with van der Waals surface area (Å²) in [5, 5.41) is 18.2.